The van der Waals surface area contributed by atoms with Crippen molar-refractivity contribution in [2.24, 2.45) is 0 Å². The molecule has 0 aromatic heterocycles. The molecule has 0 spiro atoms. The van der Waals surface area contributed by atoms with E-state index in [1.54, 1.807) is 13.8 Å². The number of hydrogen-bond donors (Lipinski definition) is 2. The molecular formula is C8H26N2O2. The van der Waals surface area contributed by atoms with Crippen LogP contribution >= 0.6 is 0 Å². The molecule has 0 bridgehead atoms. The van der Waals surface area contributed by atoms with Gasteiger partial charge in [-0.05, 0) is 0 Å². The Hall–Kier alpha value is -0.160. The summed E-state index contributed by atoms with van der Waals surface area (Å²) in [5.41, 5.74) is 0. The minimum Gasteiger partial charge on any atom is -0.855 e. The smallest absolute Gasteiger partial charge is 0.0647 e. The van der Waals surface area contributed by atoms with Crippen LogP contribution < -0.4 is 20.8 Å². The van der Waals surface area contributed by atoms with E-state index in [9.17, 15) is 0 Å². The Morgan fingerprint density at radius 2 is 0.750 bits per heavy atom. The zero-order chi connectivity index (χ0) is 10.8. The maximum Gasteiger partial charge on any atom is 0.0647 e. The first-order valence-electron chi connectivity index (χ1n) is 4.30. The Labute approximate surface area is 77.0 Å². The summed E-state index contributed by atoms with van der Waals surface area (Å²) in [5, 5.41) is 21.9. The van der Waals surface area contributed by atoms with E-state index in [0.717, 1.165) is 0 Å². The largest absolute Gasteiger partial charge is 0.855 e. The predicted molar refractivity (Wildman–Crippen MR) is 48.6 cm³/mol. The molecular weight excluding hydrogens is 156 g/mol. The van der Waals surface area contributed by atoms with Crippen LogP contribution in [0, 0.1) is 0 Å². The summed E-state index contributed by atoms with van der Waals surface area (Å²) in [7, 11) is 8.00. The molecule has 12 heavy (non-hydrogen) atoms. The van der Waals surface area contributed by atoms with E-state index in [0.29, 0.717) is 0 Å². The van der Waals surface area contributed by atoms with Crippen LogP contribution in [0.15, 0.2) is 0 Å². The first kappa shape index (κ1) is 22.6. The van der Waals surface area contributed by atoms with Gasteiger partial charge in [0, 0.05) is 0 Å². The Bertz CT molecular complexity index is 23.0. The number of hydrogen-bond acceptors (Lipinski definition) is 2. The summed E-state index contributed by atoms with van der Waals surface area (Å²) in [6, 6.07) is 0. The zero-order valence-corrected chi connectivity index (χ0v) is 9.39. The van der Waals surface area contributed by atoms with Gasteiger partial charge in [0.1, 0.15) is 0 Å². The molecule has 0 atom stereocenters. The Balaban J connectivity index is -0.0000000356. The first-order valence-corrected chi connectivity index (χ1v) is 4.30. The van der Waals surface area contributed by atoms with Crippen LogP contribution in [0.2, 0.25) is 0 Å². The monoisotopic (exact) mass is 182 g/mol. The topological polar surface area (TPSA) is 79.3 Å². The third kappa shape index (κ3) is 30000. The van der Waals surface area contributed by atoms with Crippen LogP contribution in [0.1, 0.15) is 13.8 Å². The van der Waals surface area contributed by atoms with Gasteiger partial charge in [0.15, 0.2) is 0 Å². The molecule has 0 fully saturated rings. The molecule has 0 saturated carbocycles. The summed E-state index contributed by atoms with van der Waals surface area (Å²) >= 11 is 0. The Morgan fingerprint density at radius 3 is 0.750 bits per heavy atom. The van der Waals surface area contributed by atoms with Gasteiger partial charge in [-0.1, -0.05) is 13.8 Å². The predicted octanol–water partition coefficient (Wildman–Crippen LogP) is -3.65. The van der Waals surface area contributed by atoms with Gasteiger partial charge in [0.2, 0.25) is 0 Å². The summed E-state index contributed by atoms with van der Waals surface area (Å²) in [6.45, 7) is 3.14. The molecule has 0 aromatic carbocycles. The molecule has 0 aromatic rings. The normalized spacial score (nSPS) is 6.00. The maximum atomic E-state index is 8.93. The summed E-state index contributed by atoms with van der Waals surface area (Å²) in [5.74, 6) is 0. The van der Waals surface area contributed by atoms with Crippen molar-refractivity contribution in [3.63, 3.8) is 0 Å². The van der Waals surface area contributed by atoms with Crippen molar-refractivity contribution in [3.05, 3.63) is 0 Å². The first-order chi connectivity index (χ1) is 5.66. The quantitative estimate of drug-likeness (QED) is 0.405. The van der Waals surface area contributed by atoms with Crippen molar-refractivity contribution in [2.75, 3.05) is 41.4 Å². The van der Waals surface area contributed by atoms with Crippen molar-refractivity contribution >= 4 is 0 Å². The van der Waals surface area contributed by atoms with E-state index in [4.69, 9.17) is 10.2 Å². The second-order valence-electron chi connectivity index (χ2n) is 1.73. The minimum absolute atomic E-state index is 0. The SMILES string of the molecule is CC[O-].CC[O-].C[NH2+]C.C[NH2+]C. The third-order valence-corrected chi connectivity index (χ3v) is 0. The molecule has 0 aliphatic carbocycles. The molecule has 0 rings (SSSR count). The molecule has 0 aliphatic rings. The molecule has 0 saturated heterocycles. The highest BCUT2D eigenvalue weighted by atomic mass is 16.3. The molecule has 0 aliphatic heterocycles. The average molecular weight is 182 g/mol. The van der Waals surface area contributed by atoms with Crippen LogP contribution in [-0.4, -0.2) is 41.4 Å². The van der Waals surface area contributed by atoms with Gasteiger partial charge in [-0.3, -0.25) is 0 Å². The second-order valence-corrected chi connectivity index (χ2v) is 1.73. The minimum atomic E-state index is 0. The van der Waals surface area contributed by atoms with Crippen molar-refractivity contribution in [3.8, 4) is 0 Å². The average Bonchev–Trinajstić information content (AvgIpc) is 1.92. The van der Waals surface area contributed by atoms with Crippen molar-refractivity contribution in [1.29, 1.82) is 0 Å². The van der Waals surface area contributed by atoms with E-state index in [-0.39, 0.29) is 13.2 Å². The van der Waals surface area contributed by atoms with E-state index < -0.39 is 0 Å². The fraction of sp³-hybridized carbons (Fsp3) is 1.00. The van der Waals surface area contributed by atoms with Gasteiger partial charge < -0.3 is 20.8 Å². The highest BCUT2D eigenvalue weighted by molar-refractivity contribution is 3.80. The van der Waals surface area contributed by atoms with Gasteiger partial charge in [0.25, 0.3) is 0 Å². The molecule has 0 heterocycles. The fourth-order valence-electron chi connectivity index (χ4n) is 0. The highest BCUT2D eigenvalue weighted by Gasteiger charge is 1.29. The summed E-state index contributed by atoms with van der Waals surface area (Å²) in [4.78, 5) is 0. The van der Waals surface area contributed by atoms with E-state index in [2.05, 4.69) is 0 Å². The van der Waals surface area contributed by atoms with Gasteiger partial charge in [-0.2, -0.15) is 0 Å². The van der Waals surface area contributed by atoms with Gasteiger partial charge in [0.05, 0.1) is 28.2 Å². The van der Waals surface area contributed by atoms with E-state index in [1.165, 1.54) is 0 Å². The van der Waals surface area contributed by atoms with Crippen molar-refractivity contribution in [1.82, 2.24) is 0 Å². The fourth-order valence-corrected chi connectivity index (χ4v) is 0. The maximum absolute atomic E-state index is 8.93. The highest BCUT2D eigenvalue weighted by Crippen LogP contribution is 1.19. The number of rotatable bonds is 0. The lowest BCUT2D eigenvalue weighted by Crippen LogP contribution is -2.74. The van der Waals surface area contributed by atoms with Crippen LogP contribution in [0.5, 0.6) is 0 Å². The van der Waals surface area contributed by atoms with Gasteiger partial charge in [-0.25, -0.2) is 0 Å². The molecule has 4 heteroatoms. The Kier molecular flexibility index (Phi) is 134. The number of quaternary nitrogens is 2. The molecule has 0 unspecified atom stereocenters. The standard InChI is InChI=1S/2C2H7N.2C2H5O/c2*1-3-2;2*1-2-3/h2*3H,1-2H3;2*2H2,1H3/q;;2*-1/p+2. The lowest BCUT2D eigenvalue weighted by Gasteiger charge is -1.79. The summed E-state index contributed by atoms with van der Waals surface area (Å²) in [6.07, 6.45) is 0. The van der Waals surface area contributed by atoms with Crippen molar-refractivity contribution < 1.29 is 20.8 Å². The van der Waals surface area contributed by atoms with Crippen LogP contribution in [0.25, 0.3) is 0 Å². The third-order valence-electron chi connectivity index (χ3n) is 0. The summed E-state index contributed by atoms with van der Waals surface area (Å²) < 4.78 is 0. The molecule has 0 amide bonds. The zero-order valence-electron chi connectivity index (χ0n) is 9.39. The lowest BCUT2D eigenvalue weighted by molar-refractivity contribution is -0.597. The molecule has 4 nitrogen and oxygen atoms in total. The van der Waals surface area contributed by atoms with Crippen LogP contribution in [-0.2, 0) is 0 Å². The van der Waals surface area contributed by atoms with Crippen LogP contribution in [0.3, 0.4) is 0 Å². The Morgan fingerprint density at radius 1 is 0.750 bits per heavy atom. The van der Waals surface area contributed by atoms with Crippen molar-refractivity contribution in [2.45, 2.75) is 13.8 Å². The van der Waals surface area contributed by atoms with E-state index >= 15 is 0 Å². The van der Waals surface area contributed by atoms with E-state index in [1.807, 2.05) is 38.8 Å². The molecule has 4 N–H and O–H groups in total. The molecule has 80 valence electrons. The molecule has 0 radical (unpaired) electrons. The van der Waals surface area contributed by atoms with Gasteiger partial charge >= 0.3 is 0 Å². The second kappa shape index (κ2) is 71.2. The van der Waals surface area contributed by atoms with Gasteiger partial charge in [-0.15, -0.1) is 13.2 Å². The lowest BCUT2D eigenvalue weighted by atomic mass is 10.9. The number of nitrogens with two attached hydrogens (primary N) is 2. The van der Waals surface area contributed by atoms with Crippen LogP contribution in [0.4, 0.5) is 0 Å².